The highest BCUT2D eigenvalue weighted by Crippen LogP contribution is 2.22. The number of benzene rings is 1. The molecule has 114 valence electrons. The number of ether oxygens (including phenoxy) is 1. The van der Waals surface area contributed by atoms with Crippen molar-refractivity contribution < 1.29 is 14.6 Å². The lowest BCUT2D eigenvalue weighted by Gasteiger charge is -2.35. The quantitative estimate of drug-likeness (QED) is 0.880. The standard InChI is InChI=1S/C16H22N2O3/c1-11-5-12(7-14(19)6-11)16(20)17-8-15-9-18-4-2-3-13(18)10-21-15/h5-7,13,15,19H,2-4,8-10H2,1H3,(H,17,20)/t13-,15-/m1/s1. The van der Waals surface area contributed by atoms with Crippen LogP contribution >= 0.6 is 0 Å². The minimum atomic E-state index is -0.166. The molecule has 1 aromatic carbocycles. The molecule has 1 aromatic rings. The number of morpholine rings is 1. The Kier molecular flexibility index (Phi) is 4.12. The van der Waals surface area contributed by atoms with Gasteiger partial charge in [0.1, 0.15) is 5.75 Å². The number of rotatable bonds is 3. The fraction of sp³-hybridized carbons (Fsp3) is 0.562. The van der Waals surface area contributed by atoms with E-state index in [-0.39, 0.29) is 17.8 Å². The fourth-order valence-corrected chi connectivity index (χ4v) is 3.21. The normalized spacial score (nSPS) is 25.6. The summed E-state index contributed by atoms with van der Waals surface area (Å²) in [5, 5.41) is 12.5. The Morgan fingerprint density at radius 1 is 1.48 bits per heavy atom. The molecule has 2 saturated heterocycles. The number of phenolic OH excluding ortho intramolecular Hbond substituents is 1. The van der Waals surface area contributed by atoms with E-state index in [2.05, 4.69) is 10.2 Å². The lowest BCUT2D eigenvalue weighted by atomic mass is 10.1. The summed E-state index contributed by atoms with van der Waals surface area (Å²) in [5.74, 6) is -0.0462. The van der Waals surface area contributed by atoms with E-state index in [0.717, 1.165) is 25.3 Å². The molecule has 1 amide bonds. The van der Waals surface area contributed by atoms with Crippen LogP contribution in [0.25, 0.3) is 0 Å². The van der Waals surface area contributed by atoms with Crippen LogP contribution in [-0.2, 0) is 4.74 Å². The van der Waals surface area contributed by atoms with Gasteiger partial charge in [-0.1, -0.05) is 0 Å². The second-order valence-electron chi connectivity index (χ2n) is 6.01. The second-order valence-corrected chi connectivity index (χ2v) is 6.01. The van der Waals surface area contributed by atoms with Crippen LogP contribution in [0, 0.1) is 6.92 Å². The van der Waals surface area contributed by atoms with Crippen LogP contribution in [0.4, 0.5) is 0 Å². The van der Waals surface area contributed by atoms with Gasteiger partial charge in [0.2, 0.25) is 0 Å². The Hall–Kier alpha value is -1.59. The van der Waals surface area contributed by atoms with Gasteiger partial charge in [0, 0.05) is 24.7 Å². The number of aryl methyl sites for hydroxylation is 1. The Labute approximate surface area is 124 Å². The lowest BCUT2D eigenvalue weighted by Crippen LogP contribution is -2.50. The van der Waals surface area contributed by atoms with Crippen LogP contribution in [0.15, 0.2) is 18.2 Å². The Bertz CT molecular complexity index is 512. The molecule has 5 heteroatoms. The van der Waals surface area contributed by atoms with Gasteiger partial charge in [0.05, 0.1) is 12.7 Å². The highest BCUT2D eigenvalue weighted by molar-refractivity contribution is 5.94. The molecule has 2 atom stereocenters. The summed E-state index contributed by atoms with van der Waals surface area (Å²) in [6.07, 6.45) is 2.53. The van der Waals surface area contributed by atoms with Crippen LogP contribution in [0.1, 0.15) is 28.8 Å². The summed E-state index contributed by atoms with van der Waals surface area (Å²) in [6.45, 7) is 5.17. The molecule has 0 unspecified atom stereocenters. The maximum absolute atomic E-state index is 12.1. The third-order valence-corrected chi connectivity index (χ3v) is 4.28. The maximum Gasteiger partial charge on any atom is 0.251 e. The van der Waals surface area contributed by atoms with E-state index >= 15 is 0 Å². The van der Waals surface area contributed by atoms with E-state index in [1.165, 1.54) is 18.9 Å². The van der Waals surface area contributed by atoms with Crippen LogP contribution in [0.5, 0.6) is 5.75 Å². The summed E-state index contributed by atoms with van der Waals surface area (Å²) in [5.41, 5.74) is 1.36. The molecule has 0 spiro atoms. The lowest BCUT2D eigenvalue weighted by molar-refractivity contribution is -0.0461. The molecule has 0 radical (unpaired) electrons. The summed E-state index contributed by atoms with van der Waals surface area (Å²) in [4.78, 5) is 14.6. The van der Waals surface area contributed by atoms with Gasteiger partial charge in [-0.3, -0.25) is 9.69 Å². The van der Waals surface area contributed by atoms with Crippen LogP contribution in [0.2, 0.25) is 0 Å². The number of hydrogen-bond donors (Lipinski definition) is 2. The van der Waals surface area contributed by atoms with Crippen LogP contribution in [-0.4, -0.2) is 54.3 Å². The molecule has 21 heavy (non-hydrogen) atoms. The first-order valence-corrected chi connectivity index (χ1v) is 7.56. The van der Waals surface area contributed by atoms with Crippen molar-refractivity contribution in [2.75, 3.05) is 26.2 Å². The predicted octanol–water partition coefficient (Wildman–Crippen LogP) is 1.29. The molecule has 2 N–H and O–H groups in total. The smallest absolute Gasteiger partial charge is 0.251 e. The van der Waals surface area contributed by atoms with Gasteiger partial charge in [-0.15, -0.1) is 0 Å². The molecule has 0 aromatic heterocycles. The van der Waals surface area contributed by atoms with Crippen molar-refractivity contribution in [1.82, 2.24) is 10.2 Å². The summed E-state index contributed by atoms with van der Waals surface area (Å²) >= 11 is 0. The highest BCUT2D eigenvalue weighted by Gasteiger charge is 2.32. The molecule has 2 heterocycles. The first kappa shape index (κ1) is 14.4. The van der Waals surface area contributed by atoms with E-state index in [1.54, 1.807) is 12.1 Å². The molecule has 2 aliphatic heterocycles. The van der Waals surface area contributed by atoms with E-state index < -0.39 is 0 Å². The molecule has 2 aliphatic rings. The molecule has 0 aliphatic carbocycles. The third-order valence-electron chi connectivity index (χ3n) is 4.28. The average Bonchev–Trinajstić information content (AvgIpc) is 2.91. The van der Waals surface area contributed by atoms with Gasteiger partial charge < -0.3 is 15.2 Å². The minimum absolute atomic E-state index is 0.0571. The van der Waals surface area contributed by atoms with Crippen molar-refractivity contribution in [2.45, 2.75) is 31.9 Å². The first-order chi connectivity index (χ1) is 10.1. The number of aromatic hydroxyl groups is 1. The van der Waals surface area contributed by atoms with Gasteiger partial charge in [-0.05, 0) is 50.1 Å². The second kappa shape index (κ2) is 6.03. The zero-order chi connectivity index (χ0) is 14.8. The Morgan fingerprint density at radius 2 is 2.33 bits per heavy atom. The van der Waals surface area contributed by atoms with Gasteiger partial charge in [0.15, 0.2) is 0 Å². The van der Waals surface area contributed by atoms with Crippen molar-refractivity contribution in [3.05, 3.63) is 29.3 Å². The summed E-state index contributed by atoms with van der Waals surface area (Å²) in [6, 6.07) is 5.47. The number of nitrogens with zero attached hydrogens (tertiary/aromatic N) is 1. The Morgan fingerprint density at radius 3 is 3.14 bits per heavy atom. The molecule has 3 rings (SSSR count). The molecule has 0 bridgehead atoms. The minimum Gasteiger partial charge on any atom is -0.508 e. The largest absolute Gasteiger partial charge is 0.508 e. The zero-order valence-corrected chi connectivity index (χ0v) is 12.3. The van der Waals surface area contributed by atoms with Crippen LogP contribution in [0.3, 0.4) is 0 Å². The van der Waals surface area contributed by atoms with Crippen molar-refractivity contribution in [2.24, 2.45) is 0 Å². The molecule has 0 saturated carbocycles. The zero-order valence-electron chi connectivity index (χ0n) is 12.3. The maximum atomic E-state index is 12.1. The van der Waals surface area contributed by atoms with E-state index in [1.807, 2.05) is 6.92 Å². The molecular weight excluding hydrogens is 268 g/mol. The number of carbonyl (C=O) groups is 1. The van der Waals surface area contributed by atoms with E-state index in [0.29, 0.717) is 18.2 Å². The van der Waals surface area contributed by atoms with Crippen LogP contribution < -0.4 is 5.32 Å². The number of nitrogens with one attached hydrogen (secondary N) is 1. The first-order valence-electron chi connectivity index (χ1n) is 7.56. The van der Waals surface area contributed by atoms with E-state index in [4.69, 9.17) is 4.74 Å². The predicted molar refractivity (Wildman–Crippen MR) is 79.5 cm³/mol. The van der Waals surface area contributed by atoms with E-state index in [9.17, 15) is 9.90 Å². The number of fused-ring (bicyclic) bond motifs is 1. The van der Waals surface area contributed by atoms with Gasteiger partial charge in [-0.25, -0.2) is 0 Å². The molecular formula is C16H22N2O3. The monoisotopic (exact) mass is 290 g/mol. The average molecular weight is 290 g/mol. The van der Waals surface area contributed by atoms with Gasteiger partial charge in [-0.2, -0.15) is 0 Å². The third kappa shape index (κ3) is 3.36. The SMILES string of the molecule is Cc1cc(O)cc(C(=O)NC[C@@H]2CN3CCC[C@@H]3CO2)c1. The molecule has 5 nitrogen and oxygen atoms in total. The summed E-state index contributed by atoms with van der Waals surface area (Å²) in [7, 11) is 0. The van der Waals surface area contributed by atoms with Gasteiger partial charge in [0.25, 0.3) is 5.91 Å². The van der Waals surface area contributed by atoms with Crippen molar-refractivity contribution in [3.8, 4) is 5.75 Å². The topological polar surface area (TPSA) is 61.8 Å². The number of amides is 1. The highest BCUT2D eigenvalue weighted by atomic mass is 16.5. The Balaban J connectivity index is 1.53. The summed E-state index contributed by atoms with van der Waals surface area (Å²) < 4.78 is 5.82. The number of hydrogen-bond acceptors (Lipinski definition) is 4. The molecule has 2 fully saturated rings. The fourth-order valence-electron chi connectivity index (χ4n) is 3.21. The number of carbonyl (C=O) groups excluding carboxylic acids is 1. The number of phenols is 1. The van der Waals surface area contributed by atoms with Crippen molar-refractivity contribution >= 4 is 5.91 Å². The van der Waals surface area contributed by atoms with Crippen molar-refractivity contribution in [1.29, 1.82) is 0 Å². The van der Waals surface area contributed by atoms with Gasteiger partial charge >= 0.3 is 0 Å². The van der Waals surface area contributed by atoms with Crippen molar-refractivity contribution in [3.63, 3.8) is 0 Å².